The van der Waals surface area contributed by atoms with Crippen molar-refractivity contribution < 1.29 is 23.9 Å². The van der Waals surface area contributed by atoms with Crippen molar-refractivity contribution in [1.29, 1.82) is 0 Å². The lowest BCUT2D eigenvalue weighted by molar-refractivity contribution is -0.143. The summed E-state index contributed by atoms with van der Waals surface area (Å²) in [7, 11) is 0. The number of ether oxygens (including phenoxy) is 1. The van der Waals surface area contributed by atoms with E-state index in [-0.39, 0.29) is 24.7 Å². The molecule has 0 aliphatic carbocycles. The summed E-state index contributed by atoms with van der Waals surface area (Å²) in [5.41, 5.74) is 2.14. The number of nitrogens with zero attached hydrogens (tertiary/aromatic N) is 5. The molecule has 2 fully saturated rings. The normalized spacial score (nSPS) is 16.9. The van der Waals surface area contributed by atoms with Gasteiger partial charge in [-0.15, -0.1) is 0 Å². The number of benzene rings is 1. The number of carbonyl (C=O) groups is 1. The van der Waals surface area contributed by atoms with E-state index in [0.717, 1.165) is 18.6 Å². The van der Waals surface area contributed by atoms with E-state index in [2.05, 4.69) is 20.0 Å². The molecule has 2 aliphatic rings. The molecule has 1 amide bonds. The number of hydrogen-bond acceptors (Lipinski definition) is 8. The number of piperidine rings is 1. The molecule has 0 spiro atoms. The van der Waals surface area contributed by atoms with Gasteiger partial charge in [0.1, 0.15) is 19.0 Å². The highest BCUT2D eigenvalue weighted by Crippen LogP contribution is 2.25. The van der Waals surface area contributed by atoms with Crippen LogP contribution in [0.3, 0.4) is 0 Å². The largest absolute Gasteiger partial charge is 0.394 e. The molecule has 2 saturated heterocycles. The summed E-state index contributed by atoms with van der Waals surface area (Å²) in [6, 6.07) is 4.89. The number of halogens is 1. The van der Waals surface area contributed by atoms with Crippen molar-refractivity contribution in [2.24, 2.45) is 5.16 Å². The lowest BCUT2D eigenvalue weighted by Crippen LogP contribution is -2.43. The van der Waals surface area contributed by atoms with E-state index < -0.39 is 5.82 Å². The molecule has 0 bridgehead atoms. The molecule has 0 radical (unpaired) electrons. The second-order valence-electron chi connectivity index (χ2n) is 7.62. The molecular weight excluding hydrogens is 417 g/mol. The van der Waals surface area contributed by atoms with Crippen molar-refractivity contribution in [3.63, 3.8) is 0 Å². The predicted molar refractivity (Wildman–Crippen MR) is 116 cm³/mol. The maximum absolute atomic E-state index is 14.4. The average Bonchev–Trinajstić information content (AvgIpc) is 2.84. The molecule has 1 N–H and O–H groups in total. The summed E-state index contributed by atoms with van der Waals surface area (Å²) in [6.45, 7) is 3.21. The number of aromatic nitrogens is 2. The molecule has 170 valence electrons. The number of amides is 1. The Kier molecular flexibility index (Phi) is 7.23. The molecule has 4 rings (SSSR count). The summed E-state index contributed by atoms with van der Waals surface area (Å²) in [6.07, 6.45) is 4.66. The van der Waals surface area contributed by atoms with E-state index in [9.17, 15) is 14.3 Å². The Morgan fingerprint density at radius 2 is 1.97 bits per heavy atom. The first-order valence-electron chi connectivity index (χ1n) is 10.6. The SMILES string of the molecule is O=C1COCCN1CCON=C1CCN(c2ncc(-c3cccc(CO)c3F)cn2)CC1. The Balaban J connectivity index is 1.27. The Morgan fingerprint density at radius 3 is 2.69 bits per heavy atom. The first-order valence-corrected chi connectivity index (χ1v) is 10.6. The van der Waals surface area contributed by atoms with Gasteiger partial charge in [-0.25, -0.2) is 14.4 Å². The van der Waals surface area contributed by atoms with Gasteiger partial charge >= 0.3 is 0 Å². The fraction of sp³-hybridized carbons (Fsp3) is 0.455. The summed E-state index contributed by atoms with van der Waals surface area (Å²) in [5, 5.41) is 13.5. The molecule has 0 saturated carbocycles. The van der Waals surface area contributed by atoms with E-state index in [1.807, 2.05) is 0 Å². The van der Waals surface area contributed by atoms with Crippen LogP contribution in [0, 0.1) is 5.82 Å². The van der Waals surface area contributed by atoms with Crippen molar-refractivity contribution in [3.05, 3.63) is 42.0 Å². The molecule has 1 aromatic heterocycles. The van der Waals surface area contributed by atoms with E-state index >= 15 is 0 Å². The molecule has 32 heavy (non-hydrogen) atoms. The highest BCUT2D eigenvalue weighted by molar-refractivity contribution is 5.86. The average molecular weight is 443 g/mol. The van der Waals surface area contributed by atoms with Gasteiger partial charge in [0.25, 0.3) is 0 Å². The predicted octanol–water partition coefficient (Wildman–Crippen LogP) is 1.61. The van der Waals surface area contributed by atoms with Crippen LogP contribution >= 0.6 is 0 Å². The van der Waals surface area contributed by atoms with Crippen molar-refractivity contribution in [3.8, 4) is 11.1 Å². The Morgan fingerprint density at radius 1 is 1.19 bits per heavy atom. The summed E-state index contributed by atoms with van der Waals surface area (Å²) >= 11 is 0. The van der Waals surface area contributed by atoms with E-state index in [4.69, 9.17) is 9.57 Å². The Bertz CT molecular complexity index is 959. The molecule has 9 nitrogen and oxygen atoms in total. The van der Waals surface area contributed by atoms with Gasteiger partial charge in [0.15, 0.2) is 0 Å². The minimum Gasteiger partial charge on any atom is -0.394 e. The molecule has 1 aromatic carbocycles. The number of hydrogen-bond donors (Lipinski definition) is 1. The summed E-state index contributed by atoms with van der Waals surface area (Å²) < 4.78 is 19.5. The van der Waals surface area contributed by atoms with E-state index in [1.165, 1.54) is 0 Å². The minimum atomic E-state index is -0.455. The van der Waals surface area contributed by atoms with E-state index in [1.54, 1.807) is 35.5 Å². The number of aliphatic hydroxyl groups is 1. The highest BCUT2D eigenvalue weighted by atomic mass is 19.1. The number of rotatable bonds is 7. The van der Waals surface area contributed by atoms with Crippen LogP contribution in [0.25, 0.3) is 11.1 Å². The molecular formula is C22H26FN5O4. The van der Waals surface area contributed by atoms with Gasteiger partial charge in [-0.05, 0) is 0 Å². The van der Waals surface area contributed by atoms with Crippen LogP contribution in [-0.2, 0) is 21.0 Å². The first kappa shape index (κ1) is 22.1. The van der Waals surface area contributed by atoms with Crippen LogP contribution in [0.1, 0.15) is 18.4 Å². The quantitative estimate of drug-likeness (QED) is 0.513. The summed E-state index contributed by atoms with van der Waals surface area (Å²) in [4.78, 5) is 29.7. The van der Waals surface area contributed by atoms with Crippen molar-refractivity contribution in [2.75, 3.05) is 50.9 Å². The van der Waals surface area contributed by atoms with Crippen molar-refractivity contribution >= 4 is 17.6 Å². The third-order valence-corrected chi connectivity index (χ3v) is 5.55. The fourth-order valence-electron chi connectivity index (χ4n) is 3.68. The van der Waals surface area contributed by atoms with Gasteiger partial charge in [0, 0.05) is 61.6 Å². The van der Waals surface area contributed by atoms with E-state index in [0.29, 0.717) is 56.5 Å². The fourth-order valence-corrected chi connectivity index (χ4v) is 3.68. The van der Waals surface area contributed by atoms with Crippen LogP contribution < -0.4 is 4.90 Å². The molecule has 2 aliphatic heterocycles. The monoisotopic (exact) mass is 443 g/mol. The Hall–Kier alpha value is -3.11. The number of carbonyl (C=O) groups excluding carboxylic acids is 1. The smallest absolute Gasteiger partial charge is 0.248 e. The summed E-state index contributed by atoms with van der Waals surface area (Å²) in [5.74, 6) is 0.108. The Labute approximate surface area is 185 Å². The molecule has 3 heterocycles. The maximum Gasteiger partial charge on any atom is 0.248 e. The van der Waals surface area contributed by atoms with Crippen molar-refractivity contribution in [2.45, 2.75) is 19.4 Å². The third kappa shape index (κ3) is 5.20. The van der Waals surface area contributed by atoms with Crippen LogP contribution in [0.15, 0.2) is 35.7 Å². The zero-order valence-corrected chi connectivity index (χ0v) is 17.7. The number of morpholine rings is 1. The lowest BCUT2D eigenvalue weighted by atomic mass is 10.1. The molecule has 0 atom stereocenters. The second kappa shape index (κ2) is 10.5. The first-order chi connectivity index (χ1) is 15.7. The van der Waals surface area contributed by atoms with Gasteiger partial charge in [0.2, 0.25) is 11.9 Å². The van der Waals surface area contributed by atoms with Gasteiger partial charge in [0.05, 0.1) is 25.5 Å². The van der Waals surface area contributed by atoms with Crippen LogP contribution in [0.5, 0.6) is 0 Å². The van der Waals surface area contributed by atoms with Gasteiger partial charge in [-0.1, -0.05) is 23.4 Å². The molecule has 10 heteroatoms. The highest BCUT2D eigenvalue weighted by Gasteiger charge is 2.20. The number of oxime groups is 1. The molecule has 2 aromatic rings. The van der Waals surface area contributed by atoms with Gasteiger partial charge < -0.3 is 24.5 Å². The topological polar surface area (TPSA) is 100 Å². The zero-order valence-electron chi connectivity index (χ0n) is 17.7. The van der Waals surface area contributed by atoms with Crippen molar-refractivity contribution in [1.82, 2.24) is 14.9 Å². The van der Waals surface area contributed by atoms with Crippen LogP contribution in [0.2, 0.25) is 0 Å². The standard InChI is InChI=1S/C22H26FN5O4/c23-21-16(14-29)2-1-3-19(21)17-12-24-22(25-13-17)28-6-4-18(5-7-28)26-32-11-9-27-8-10-31-15-20(27)30/h1-3,12-13,29H,4-11,14-15H2. The molecule has 0 unspecified atom stereocenters. The third-order valence-electron chi connectivity index (χ3n) is 5.55. The van der Waals surface area contributed by atoms with Crippen LogP contribution in [-0.4, -0.2) is 77.6 Å². The maximum atomic E-state index is 14.4. The second-order valence-corrected chi connectivity index (χ2v) is 7.62. The number of aliphatic hydroxyl groups excluding tert-OH is 1. The number of anilines is 1. The minimum absolute atomic E-state index is 0.0179. The lowest BCUT2D eigenvalue weighted by Gasteiger charge is -2.28. The van der Waals surface area contributed by atoms with Gasteiger partial charge in [-0.2, -0.15) is 0 Å². The zero-order chi connectivity index (χ0) is 22.3. The van der Waals surface area contributed by atoms with Crippen LogP contribution in [0.4, 0.5) is 10.3 Å². The van der Waals surface area contributed by atoms with Gasteiger partial charge in [-0.3, -0.25) is 4.79 Å².